The molecule has 5 nitrogen and oxygen atoms in total. The van der Waals surface area contributed by atoms with Crippen LogP contribution in [-0.2, 0) is 20.0 Å². The van der Waals surface area contributed by atoms with Gasteiger partial charge >= 0.3 is 90.2 Å². The minimum atomic E-state index is -7.92. The maximum absolute atomic E-state index is 12.9. The number of alkyl halides is 12. The second kappa shape index (κ2) is 7.24. The quantitative estimate of drug-likeness (QED) is 0.425. The molecular weight excluding hydrogens is 469 g/mol. The molecule has 0 aliphatic rings. The standard InChI is InChI=1S/C5HF12NO4S2.K.H/c6-1(7,3(10,11)12)2(8,9)4(13,14)23(19,20)18-24(21,22)5(15,16)17;;/h18H;;/q;+1;-1. The zero-order valence-corrected chi connectivity index (χ0v) is 15.7. The summed E-state index contributed by atoms with van der Waals surface area (Å²) in [5.74, 6) is -15.6. The Morgan fingerprint density at radius 2 is 0.920 bits per heavy atom. The molecule has 20 heteroatoms. The van der Waals surface area contributed by atoms with Crippen LogP contribution in [0.1, 0.15) is 1.43 Å². The fraction of sp³-hybridized carbons (Fsp3) is 1.00. The largest absolute Gasteiger partial charge is 1.00 e. The van der Waals surface area contributed by atoms with Crippen molar-refractivity contribution in [2.75, 3.05) is 0 Å². The van der Waals surface area contributed by atoms with Crippen LogP contribution in [0.4, 0.5) is 52.7 Å². The van der Waals surface area contributed by atoms with Gasteiger partial charge in [-0.2, -0.15) is 52.7 Å². The molecule has 0 aliphatic carbocycles. The van der Waals surface area contributed by atoms with Gasteiger partial charge in [-0.05, 0) is 0 Å². The predicted octanol–water partition coefficient (Wildman–Crippen LogP) is -0.702. The third-order valence-electron chi connectivity index (χ3n) is 1.98. The van der Waals surface area contributed by atoms with E-state index in [0.29, 0.717) is 0 Å². The Bertz CT molecular complexity index is 698. The monoisotopic (exact) mass is 471 g/mol. The van der Waals surface area contributed by atoms with Crippen LogP contribution in [0.2, 0.25) is 0 Å². The van der Waals surface area contributed by atoms with E-state index in [0.717, 1.165) is 0 Å². The first-order chi connectivity index (χ1) is 9.96. The molecule has 1 N–H and O–H groups in total. The van der Waals surface area contributed by atoms with Gasteiger partial charge < -0.3 is 1.43 Å². The van der Waals surface area contributed by atoms with Crippen molar-refractivity contribution in [1.29, 1.82) is 0 Å². The number of sulfonamides is 2. The van der Waals surface area contributed by atoms with E-state index < -0.39 is 53.0 Å². The van der Waals surface area contributed by atoms with Crippen molar-refractivity contribution < 1.29 is 122 Å². The van der Waals surface area contributed by atoms with Gasteiger partial charge in [0.25, 0.3) is 10.0 Å². The number of rotatable bonds is 5. The van der Waals surface area contributed by atoms with Gasteiger partial charge in [0.2, 0.25) is 0 Å². The Kier molecular flexibility index (Phi) is 8.07. The Morgan fingerprint density at radius 1 is 0.600 bits per heavy atom. The summed E-state index contributed by atoms with van der Waals surface area (Å²) in [5.41, 5.74) is -6.70. The molecular formula is C5H2F12KNO4S2. The van der Waals surface area contributed by atoms with Crippen molar-refractivity contribution in [2.24, 2.45) is 0 Å². The fourth-order valence-corrected chi connectivity index (χ4v) is 3.19. The van der Waals surface area contributed by atoms with Crippen molar-refractivity contribution in [3.8, 4) is 0 Å². The topological polar surface area (TPSA) is 80.3 Å². The average Bonchev–Trinajstić information content (AvgIpc) is 2.23. The molecule has 0 saturated heterocycles. The third-order valence-corrected chi connectivity index (χ3v) is 5.27. The number of hydrogen-bond donors (Lipinski definition) is 1. The van der Waals surface area contributed by atoms with Gasteiger partial charge in [-0.3, -0.25) is 0 Å². The minimum absolute atomic E-state index is 0. The second-order valence-electron chi connectivity index (χ2n) is 3.70. The van der Waals surface area contributed by atoms with Gasteiger partial charge in [0.05, 0.1) is 0 Å². The Hall–Kier alpha value is 0.656. The predicted molar refractivity (Wildman–Crippen MR) is 49.0 cm³/mol. The smallest absolute Gasteiger partial charge is 1.00 e. The maximum atomic E-state index is 12.9. The molecule has 0 aliphatic heterocycles. The van der Waals surface area contributed by atoms with Gasteiger partial charge in [-0.15, -0.1) is 0 Å². The van der Waals surface area contributed by atoms with E-state index in [1.807, 2.05) is 0 Å². The first-order valence-electron chi connectivity index (χ1n) is 4.50. The summed E-state index contributed by atoms with van der Waals surface area (Å²) in [4.78, 5) is 0. The number of nitrogens with one attached hydrogen (secondary N) is 1. The first kappa shape index (κ1) is 27.9. The average molecular weight is 471 g/mol. The molecule has 0 bridgehead atoms. The Morgan fingerprint density at radius 3 is 1.16 bits per heavy atom. The van der Waals surface area contributed by atoms with E-state index in [1.54, 1.807) is 0 Å². The van der Waals surface area contributed by atoms with Gasteiger partial charge in [0.1, 0.15) is 0 Å². The van der Waals surface area contributed by atoms with Gasteiger partial charge in [0.15, 0.2) is 0 Å². The summed E-state index contributed by atoms with van der Waals surface area (Å²) < 4.78 is 187. The number of halogens is 12. The van der Waals surface area contributed by atoms with Crippen LogP contribution < -0.4 is 55.5 Å². The zero-order valence-electron chi connectivity index (χ0n) is 12.0. The van der Waals surface area contributed by atoms with E-state index >= 15 is 0 Å². The van der Waals surface area contributed by atoms with Crippen LogP contribution in [0, 0.1) is 0 Å². The van der Waals surface area contributed by atoms with Crippen LogP contribution >= 0.6 is 0 Å². The molecule has 25 heavy (non-hydrogen) atoms. The van der Waals surface area contributed by atoms with Gasteiger partial charge in [-0.1, -0.05) is 4.13 Å². The number of hydrogen-bond acceptors (Lipinski definition) is 4. The summed E-state index contributed by atoms with van der Waals surface area (Å²) in [6.07, 6.45) is -7.46. The maximum Gasteiger partial charge on any atom is 1.00 e. The fourth-order valence-electron chi connectivity index (χ4n) is 0.774. The van der Waals surface area contributed by atoms with E-state index in [-0.39, 0.29) is 52.8 Å². The van der Waals surface area contributed by atoms with Crippen molar-refractivity contribution in [3.63, 3.8) is 0 Å². The Balaban J connectivity index is -0.00000264. The van der Waals surface area contributed by atoms with Crippen LogP contribution in [0.15, 0.2) is 0 Å². The normalized spacial score (nSPS) is 15.7. The molecule has 0 aromatic heterocycles. The summed E-state index contributed by atoms with van der Waals surface area (Å²) in [5, 5.41) is -7.61. The SMILES string of the molecule is O=S(=O)(NS(=O)(=O)C(F)(F)C(F)(F)C(F)(F)C(F)(F)F)C(F)(F)F.[H-].[K+]. The van der Waals surface area contributed by atoms with E-state index in [4.69, 9.17) is 0 Å². The Labute approximate surface area is 174 Å². The molecule has 0 aromatic rings. The molecule has 148 valence electrons. The molecule has 0 unspecified atom stereocenters. The molecule has 0 heterocycles. The summed E-state index contributed by atoms with van der Waals surface area (Å²) >= 11 is 0. The minimum Gasteiger partial charge on any atom is -1.00 e. The summed E-state index contributed by atoms with van der Waals surface area (Å²) in [6, 6.07) is 0. The third kappa shape index (κ3) is 4.74. The van der Waals surface area contributed by atoms with Crippen LogP contribution in [0.3, 0.4) is 0 Å². The van der Waals surface area contributed by atoms with Gasteiger partial charge in [0, 0.05) is 0 Å². The molecule has 0 amide bonds. The molecule has 0 fully saturated rings. The van der Waals surface area contributed by atoms with E-state index in [1.165, 1.54) is 0 Å². The molecule has 0 aromatic carbocycles. The molecule has 0 rings (SSSR count). The second-order valence-corrected chi connectivity index (χ2v) is 7.36. The van der Waals surface area contributed by atoms with Crippen molar-refractivity contribution in [2.45, 2.75) is 28.8 Å². The van der Waals surface area contributed by atoms with Crippen LogP contribution in [-0.4, -0.2) is 45.6 Å². The summed E-state index contributed by atoms with van der Waals surface area (Å²) in [7, 11) is -15.3. The van der Waals surface area contributed by atoms with Crippen LogP contribution in [0.5, 0.6) is 0 Å². The molecule has 0 radical (unpaired) electrons. The zero-order chi connectivity index (χ0) is 20.2. The van der Waals surface area contributed by atoms with Crippen molar-refractivity contribution in [1.82, 2.24) is 4.13 Å². The first-order valence-corrected chi connectivity index (χ1v) is 7.47. The van der Waals surface area contributed by atoms with Gasteiger partial charge in [-0.25, -0.2) is 16.8 Å². The van der Waals surface area contributed by atoms with Crippen LogP contribution in [0.25, 0.3) is 0 Å². The van der Waals surface area contributed by atoms with Crippen molar-refractivity contribution in [3.05, 3.63) is 0 Å². The summed E-state index contributed by atoms with van der Waals surface area (Å²) in [6.45, 7) is 0. The van der Waals surface area contributed by atoms with Crippen molar-refractivity contribution >= 4 is 20.0 Å². The molecule has 0 atom stereocenters. The molecule has 0 saturated carbocycles. The van der Waals surface area contributed by atoms with E-state index in [2.05, 4.69) is 0 Å². The van der Waals surface area contributed by atoms with E-state index in [9.17, 15) is 69.5 Å². The molecule has 0 spiro atoms.